The summed E-state index contributed by atoms with van der Waals surface area (Å²) in [4.78, 5) is 0. The molecule has 0 nitrogen and oxygen atoms in total. The molecule has 46 heavy (non-hydrogen) atoms. The van der Waals surface area contributed by atoms with E-state index in [1.807, 2.05) is 0 Å². The molecule has 218 valence electrons. The van der Waals surface area contributed by atoms with Gasteiger partial charge < -0.3 is 0 Å². The first-order valence-corrected chi connectivity index (χ1v) is 16.5. The summed E-state index contributed by atoms with van der Waals surface area (Å²) in [7, 11) is 0. The zero-order valence-corrected chi connectivity index (χ0v) is 25.8. The minimum Gasteiger partial charge on any atom is -0.0842 e. The van der Waals surface area contributed by atoms with Crippen LogP contribution >= 0.6 is 0 Å². The summed E-state index contributed by atoms with van der Waals surface area (Å²) >= 11 is 0. The average Bonchev–Trinajstić information content (AvgIpc) is 3.13. The molecule has 0 radical (unpaired) electrons. The van der Waals surface area contributed by atoms with Gasteiger partial charge in [0.25, 0.3) is 0 Å². The van der Waals surface area contributed by atoms with E-state index in [1.54, 1.807) is 0 Å². The van der Waals surface area contributed by atoms with Gasteiger partial charge in [-0.05, 0) is 138 Å². The van der Waals surface area contributed by atoms with E-state index in [0.717, 1.165) is 25.7 Å². The molecule has 2 aliphatic carbocycles. The van der Waals surface area contributed by atoms with Crippen molar-refractivity contribution in [1.82, 2.24) is 0 Å². The molecule has 0 bridgehead atoms. The van der Waals surface area contributed by atoms with Crippen LogP contribution < -0.4 is 0 Å². The summed E-state index contributed by atoms with van der Waals surface area (Å²) in [5.74, 6) is 0. The van der Waals surface area contributed by atoms with E-state index in [1.165, 1.54) is 87.6 Å². The lowest BCUT2D eigenvalue weighted by Gasteiger charge is -2.23. The Balaban J connectivity index is 1.35. The van der Waals surface area contributed by atoms with Crippen LogP contribution in [-0.4, -0.2) is 0 Å². The van der Waals surface area contributed by atoms with Gasteiger partial charge in [0, 0.05) is 0 Å². The molecule has 0 unspecified atom stereocenters. The highest BCUT2D eigenvalue weighted by atomic mass is 14.2. The van der Waals surface area contributed by atoms with Gasteiger partial charge in [0.05, 0.1) is 0 Å². The predicted molar refractivity (Wildman–Crippen MR) is 199 cm³/mol. The predicted octanol–water partition coefficient (Wildman–Crippen LogP) is 13.0. The second-order valence-electron chi connectivity index (χ2n) is 12.7. The Morgan fingerprint density at radius 1 is 0.348 bits per heavy atom. The molecule has 7 aromatic rings. The molecule has 0 heteroatoms. The summed E-state index contributed by atoms with van der Waals surface area (Å²) in [5, 5.41) is 10.4. The number of hydrogen-bond acceptors (Lipinski definition) is 0. The van der Waals surface area contributed by atoms with Gasteiger partial charge in [0.2, 0.25) is 0 Å². The van der Waals surface area contributed by atoms with Gasteiger partial charge in [-0.2, -0.15) is 0 Å². The Bertz CT molecular complexity index is 2330. The molecule has 0 aromatic heterocycles. The van der Waals surface area contributed by atoms with E-state index < -0.39 is 0 Å². The van der Waals surface area contributed by atoms with E-state index in [0.29, 0.717) is 0 Å². The summed E-state index contributed by atoms with van der Waals surface area (Å²) in [6.45, 7) is 0. The minimum absolute atomic E-state index is 1.04. The van der Waals surface area contributed by atoms with Crippen molar-refractivity contribution >= 4 is 48.7 Å². The average molecular weight is 587 g/mol. The third-order valence-corrected chi connectivity index (χ3v) is 10.0. The Hall–Kier alpha value is -5.46. The standard InChI is InChI=1S/C46H34/c1-3-11-31(12-4-1)33-19-23-35(24-20-33)45-41-27-37-15-7-9-17-39(37)29-43(41)46(44-30-40-18-10-8-16-38(40)28-42(44)45)36-25-21-34(22-26-36)32-13-5-2-6-14-32/h1-5,7-13,15-21,23-25,27-30H,6,14,22,26H2. The fourth-order valence-electron chi connectivity index (χ4n) is 7.70. The van der Waals surface area contributed by atoms with Gasteiger partial charge in [-0.3, -0.25) is 0 Å². The van der Waals surface area contributed by atoms with Crippen molar-refractivity contribution in [2.75, 3.05) is 0 Å². The van der Waals surface area contributed by atoms with E-state index in [9.17, 15) is 0 Å². The van der Waals surface area contributed by atoms with Gasteiger partial charge >= 0.3 is 0 Å². The lowest BCUT2D eigenvalue weighted by Crippen LogP contribution is -2.00. The quantitative estimate of drug-likeness (QED) is 0.180. The molecule has 0 N–H and O–H groups in total. The second-order valence-corrected chi connectivity index (χ2v) is 12.7. The number of fused-ring (bicyclic) bond motifs is 4. The van der Waals surface area contributed by atoms with Crippen LogP contribution in [0, 0.1) is 0 Å². The van der Waals surface area contributed by atoms with Crippen molar-refractivity contribution in [3.05, 3.63) is 174 Å². The van der Waals surface area contributed by atoms with Crippen LogP contribution in [-0.2, 0) is 0 Å². The van der Waals surface area contributed by atoms with Gasteiger partial charge in [0.15, 0.2) is 0 Å². The lowest BCUT2D eigenvalue weighted by molar-refractivity contribution is 0.906. The zero-order valence-electron chi connectivity index (χ0n) is 25.8. The van der Waals surface area contributed by atoms with Gasteiger partial charge in [0.1, 0.15) is 0 Å². The van der Waals surface area contributed by atoms with Gasteiger partial charge in [-0.1, -0.05) is 134 Å². The fraction of sp³-hybridized carbons (Fsp3) is 0.0870. The van der Waals surface area contributed by atoms with Crippen LogP contribution in [0.15, 0.2) is 169 Å². The van der Waals surface area contributed by atoms with E-state index >= 15 is 0 Å². The number of allylic oxidation sites excluding steroid dienone is 8. The van der Waals surface area contributed by atoms with Crippen LogP contribution in [0.4, 0.5) is 0 Å². The molecular formula is C46H34. The normalized spacial score (nSPS) is 14.9. The first kappa shape index (κ1) is 26.9. The highest BCUT2D eigenvalue weighted by molar-refractivity contribution is 6.23. The molecule has 9 rings (SSSR count). The molecule has 0 fully saturated rings. The van der Waals surface area contributed by atoms with Gasteiger partial charge in [-0.25, -0.2) is 0 Å². The highest BCUT2D eigenvalue weighted by Gasteiger charge is 2.21. The lowest BCUT2D eigenvalue weighted by atomic mass is 9.80. The van der Waals surface area contributed by atoms with Crippen LogP contribution in [0.5, 0.6) is 0 Å². The van der Waals surface area contributed by atoms with Crippen molar-refractivity contribution in [3.63, 3.8) is 0 Å². The highest BCUT2D eigenvalue weighted by Crippen LogP contribution is 2.46. The molecule has 0 amide bonds. The Kier molecular flexibility index (Phi) is 6.53. The van der Waals surface area contributed by atoms with Crippen LogP contribution in [0.1, 0.15) is 31.2 Å². The molecule has 7 aromatic carbocycles. The summed E-state index contributed by atoms with van der Waals surface area (Å²) in [5.41, 5.74) is 10.9. The molecule has 0 saturated carbocycles. The maximum Gasteiger partial charge on any atom is -0.00259 e. The maximum absolute atomic E-state index is 2.45. The molecule has 0 aliphatic heterocycles. The first-order valence-electron chi connectivity index (χ1n) is 16.5. The molecule has 0 saturated heterocycles. The summed E-state index contributed by atoms with van der Waals surface area (Å²) in [6.07, 6.45) is 16.1. The molecule has 2 aliphatic rings. The Labute approximate surface area is 270 Å². The Morgan fingerprint density at radius 3 is 1.33 bits per heavy atom. The van der Waals surface area contributed by atoms with Crippen LogP contribution in [0.2, 0.25) is 0 Å². The second kappa shape index (κ2) is 11.2. The van der Waals surface area contributed by atoms with Crippen molar-refractivity contribution < 1.29 is 0 Å². The van der Waals surface area contributed by atoms with Crippen LogP contribution in [0.25, 0.3) is 70.9 Å². The molecule has 0 atom stereocenters. The maximum atomic E-state index is 2.45. The Morgan fingerprint density at radius 2 is 0.804 bits per heavy atom. The third kappa shape index (κ3) is 4.61. The number of hydrogen-bond donors (Lipinski definition) is 0. The molecule has 0 heterocycles. The van der Waals surface area contributed by atoms with Crippen LogP contribution in [0.3, 0.4) is 0 Å². The summed E-state index contributed by atoms with van der Waals surface area (Å²) < 4.78 is 0. The van der Waals surface area contributed by atoms with E-state index in [-0.39, 0.29) is 0 Å². The molecule has 0 spiro atoms. The summed E-state index contributed by atoms with van der Waals surface area (Å²) in [6, 6.07) is 47.3. The third-order valence-electron chi connectivity index (χ3n) is 10.0. The van der Waals surface area contributed by atoms with Crippen molar-refractivity contribution in [3.8, 4) is 22.3 Å². The fourth-order valence-corrected chi connectivity index (χ4v) is 7.70. The van der Waals surface area contributed by atoms with Crippen molar-refractivity contribution in [2.24, 2.45) is 0 Å². The first-order chi connectivity index (χ1) is 22.8. The van der Waals surface area contributed by atoms with Crippen molar-refractivity contribution in [1.29, 1.82) is 0 Å². The van der Waals surface area contributed by atoms with Crippen molar-refractivity contribution in [2.45, 2.75) is 25.7 Å². The van der Waals surface area contributed by atoms with Gasteiger partial charge in [-0.15, -0.1) is 0 Å². The van der Waals surface area contributed by atoms with E-state index in [4.69, 9.17) is 0 Å². The number of benzene rings is 7. The number of rotatable bonds is 4. The molecular weight excluding hydrogens is 553 g/mol. The van der Waals surface area contributed by atoms with E-state index in [2.05, 4.69) is 158 Å². The monoisotopic (exact) mass is 586 g/mol. The minimum atomic E-state index is 1.04. The smallest absolute Gasteiger partial charge is 0.00259 e. The topological polar surface area (TPSA) is 0 Å². The largest absolute Gasteiger partial charge is 0.0842 e. The zero-order chi connectivity index (χ0) is 30.5. The SMILES string of the molecule is C1=CCCC(C2=CC=C(c3c4cc5ccccc5cc4c(-c4ccc(-c5ccccc5)cc4)c4cc5ccccc5cc34)CC2)=C1.